The number of rotatable bonds is 4. The average molecular weight is 493 g/mol. The summed E-state index contributed by atoms with van der Waals surface area (Å²) in [5.74, 6) is -0.337. The smallest absolute Gasteiger partial charge is 0.295 e. The number of benzene rings is 1. The maximum atomic E-state index is 13.0. The van der Waals surface area contributed by atoms with Crippen LogP contribution in [-0.2, 0) is 11.8 Å². The van der Waals surface area contributed by atoms with Crippen LogP contribution in [0.15, 0.2) is 35.1 Å². The van der Waals surface area contributed by atoms with E-state index in [4.69, 9.17) is 47.0 Å². The average Bonchev–Trinajstić information content (AvgIpc) is 2.83. The summed E-state index contributed by atoms with van der Waals surface area (Å²) in [6.07, 6.45) is -1.12. The van der Waals surface area contributed by atoms with Gasteiger partial charge in [-0.1, -0.05) is 73.8 Å². The molecule has 1 atom stereocenters. The Morgan fingerprint density at radius 2 is 1.67 bits per heavy atom. The second-order valence-electron chi connectivity index (χ2n) is 7.73. The van der Waals surface area contributed by atoms with Crippen LogP contribution >= 0.6 is 47.0 Å². The van der Waals surface area contributed by atoms with E-state index >= 15 is 0 Å². The molecule has 1 unspecified atom stereocenters. The number of carbonyl (C=O) groups excluding carboxylic acids is 1. The van der Waals surface area contributed by atoms with E-state index in [1.54, 1.807) is 39.4 Å². The lowest BCUT2D eigenvalue weighted by molar-refractivity contribution is -0.129. The number of halogens is 3. The van der Waals surface area contributed by atoms with Crippen LogP contribution in [0.25, 0.3) is 5.69 Å². The molecule has 3 N–H and O–H groups in total. The Balaban J connectivity index is 2.27. The number of aromatic nitrogens is 2. The minimum atomic E-state index is -1.89. The molecule has 0 aliphatic carbocycles. The van der Waals surface area contributed by atoms with Gasteiger partial charge in [0, 0.05) is 12.5 Å². The zero-order valence-corrected chi connectivity index (χ0v) is 20.3. The van der Waals surface area contributed by atoms with Crippen molar-refractivity contribution in [1.29, 1.82) is 0 Å². The molecule has 0 fully saturated rings. The Kier molecular flexibility index (Phi) is 7.50. The molecule has 2 aromatic rings. The van der Waals surface area contributed by atoms with Gasteiger partial charge >= 0.3 is 0 Å². The lowest BCUT2D eigenvalue weighted by atomic mass is 9.95. The molecule has 0 aliphatic rings. The van der Waals surface area contributed by atoms with E-state index in [2.05, 4.69) is 16.0 Å². The van der Waals surface area contributed by atoms with Gasteiger partial charge in [-0.25, -0.2) is 4.68 Å². The summed E-state index contributed by atoms with van der Waals surface area (Å²) in [6.45, 7) is 6.97. The maximum absolute atomic E-state index is 13.0. The van der Waals surface area contributed by atoms with Crippen molar-refractivity contribution in [3.8, 4) is 5.69 Å². The van der Waals surface area contributed by atoms with Crippen molar-refractivity contribution in [1.82, 2.24) is 20.0 Å². The van der Waals surface area contributed by atoms with Crippen molar-refractivity contribution in [2.75, 3.05) is 5.32 Å². The molecule has 30 heavy (non-hydrogen) atoms. The predicted octanol–water partition coefficient (Wildman–Crippen LogP) is 3.63. The predicted molar refractivity (Wildman–Crippen MR) is 127 cm³/mol. The molecule has 0 spiro atoms. The van der Waals surface area contributed by atoms with Crippen LogP contribution in [-0.4, -0.2) is 30.3 Å². The summed E-state index contributed by atoms with van der Waals surface area (Å²) in [4.78, 5) is 25.3. The first-order valence-corrected chi connectivity index (χ1v) is 10.6. The summed E-state index contributed by atoms with van der Waals surface area (Å²) in [6, 6.07) is 9.19. The van der Waals surface area contributed by atoms with Gasteiger partial charge in [-0.2, -0.15) is 0 Å². The highest BCUT2D eigenvalue weighted by atomic mass is 35.6. The molecule has 0 saturated heterocycles. The van der Waals surface area contributed by atoms with Crippen molar-refractivity contribution in [3.63, 3.8) is 0 Å². The van der Waals surface area contributed by atoms with E-state index in [-0.39, 0.29) is 22.3 Å². The highest BCUT2D eigenvalue weighted by Gasteiger charge is 2.37. The van der Waals surface area contributed by atoms with Crippen LogP contribution in [0, 0.1) is 12.3 Å². The number of anilines is 1. The number of alkyl halides is 3. The van der Waals surface area contributed by atoms with Crippen LogP contribution in [0.1, 0.15) is 26.5 Å². The van der Waals surface area contributed by atoms with Gasteiger partial charge in [0.25, 0.3) is 5.56 Å². The highest BCUT2D eigenvalue weighted by Crippen LogP contribution is 2.30. The quantitative estimate of drug-likeness (QED) is 0.345. The first-order chi connectivity index (χ1) is 13.7. The first kappa shape index (κ1) is 24.5. The Bertz CT molecular complexity index is 991. The van der Waals surface area contributed by atoms with Gasteiger partial charge in [0.2, 0.25) is 9.70 Å². The van der Waals surface area contributed by atoms with Gasteiger partial charge in [-0.15, -0.1) is 0 Å². The van der Waals surface area contributed by atoms with Crippen molar-refractivity contribution in [2.24, 2.45) is 12.5 Å². The third-order valence-corrected chi connectivity index (χ3v) is 5.23. The lowest BCUT2D eigenvalue weighted by Gasteiger charge is -2.30. The van der Waals surface area contributed by atoms with Crippen molar-refractivity contribution in [3.05, 3.63) is 46.4 Å². The maximum Gasteiger partial charge on any atom is 0.295 e. The Labute approximate surface area is 195 Å². The SMILES string of the molecule is Cc1c(NC(=S)NC(NC(=O)C(C)(C)C)C(Cl)(Cl)Cl)c(=O)n(-c2ccccc2)n1C. The van der Waals surface area contributed by atoms with Gasteiger partial charge in [0.05, 0.1) is 11.4 Å². The second kappa shape index (κ2) is 9.18. The van der Waals surface area contributed by atoms with Crippen LogP contribution in [0.3, 0.4) is 0 Å². The first-order valence-electron chi connectivity index (χ1n) is 9.02. The van der Waals surface area contributed by atoms with E-state index in [1.165, 1.54) is 4.68 Å². The summed E-state index contributed by atoms with van der Waals surface area (Å²) in [7, 11) is 1.76. The lowest BCUT2D eigenvalue weighted by Crippen LogP contribution is -2.58. The van der Waals surface area contributed by atoms with Gasteiger partial charge in [-0.3, -0.25) is 14.3 Å². The molecule has 2 rings (SSSR count). The van der Waals surface area contributed by atoms with Crippen LogP contribution in [0.2, 0.25) is 0 Å². The monoisotopic (exact) mass is 491 g/mol. The fraction of sp³-hybridized carbons (Fsp3) is 0.421. The molecular weight excluding hydrogens is 469 g/mol. The van der Waals surface area contributed by atoms with Gasteiger partial charge in [0.1, 0.15) is 11.9 Å². The number of thiocarbonyl (C=S) groups is 1. The molecule has 164 valence electrons. The summed E-state index contributed by atoms with van der Waals surface area (Å²) in [5, 5.41) is 8.27. The largest absolute Gasteiger partial charge is 0.339 e. The Morgan fingerprint density at radius 1 is 1.10 bits per heavy atom. The standard InChI is InChI=1S/C19H24Cl3N5O2S/c1-11-13(14(28)27(26(11)5)12-9-7-6-8-10-12)23-17(30)25-15(19(20,21)22)24-16(29)18(2,3)4/h6-10,15H,1-5H3,(H,24,29)(H2,23,25,30). The molecule has 1 amide bonds. The van der Waals surface area contributed by atoms with Crippen LogP contribution in [0.5, 0.6) is 0 Å². The van der Waals surface area contributed by atoms with E-state index in [9.17, 15) is 9.59 Å². The van der Waals surface area contributed by atoms with Crippen molar-refractivity contribution < 1.29 is 4.79 Å². The third-order valence-electron chi connectivity index (χ3n) is 4.35. The Morgan fingerprint density at radius 3 is 2.17 bits per heavy atom. The number of nitrogens with one attached hydrogen (secondary N) is 3. The molecular formula is C19H24Cl3N5O2S. The molecule has 0 bridgehead atoms. The topological polar surface area (TPSA) is 80.1 Å². The molecule has 1 heterocycles. The number of nitrogens with zero attached hydrogens (tertiary/aromatic N) is 2. The van der Waals surface area contributed by atoms with Gasteiger partial charge in [-0.05, 0) is 31.3 Å². The molecule has 1 aromatic carbocycles. The molecule has 11 heteroatoms. The number of amides is 1. The van der Waals surface area contributed by atoms with E-state index in [1.807, 2.05) is 30.3 Å². The normalized spacial score (nSPS) is 12.9. The zero-order chi connectivity index (χ0) is 22.9. The number of hydrogen-bond donors (Lipinski definition) is 3. The van der Waals surface area contributed by atoms with Crippen LogP contribution in [0.4, 0.5) is 5.69 Å². The van der Waals surface area contributed by atoms with Gasteiger partial charge < -0.3 is 16.0 Å². The third kappa shape index (κ3) is 5.69. The summed E-state index contributed by atoms with van der Waals surface area (Å²) >= 11 is 23.3. The molecule has 0 radical (unpaired) electrons. The summed E-state index contributed by atoms with van der Waals surface area (Å²) < 4.78 is 1.33. The highest BCUT2D eigenvalue weighted by molar-refractivity contribution is 7.80. The Hall–Kier alpha value is -1.74. The molecule has 0 aliphatic heterocycles. The van der Waals surface area contributed by atoms with Crippen molar-refractivity contribution >= 4 is 63.7 Å². The van der Waals surface area contributed by atoms with E-state index in [0.717, 1.165) is 0 Å². The fourth-order valence-electron chi connectivity index (χ4n) is 2.54. The zero-order valence-electron chi connectivity index (χ0n) is 17.2. The van der Waals surface area contributed by atoms with Crippen molar-refractivity contribution in [2.45, 2.75) is 37.7 Å². The second-order valence-corrected chi connectivity index (χ2v) is 10.5. The summed E-state index contributed by atoms with van der Waals surface area (Å²) in [5.41, 5.74) is 0.622. The minimum absolute atomic E-state index is 0.0199. The van der Waals surface area contributed by atoms with Crippen LogP contribution < -0.4 is 21.5 Å². The molecule has 7 nitrogen and oxygen atoms in total. The number of hydrogen-bond acceptors (Lipinski definition) is 3. The van der Waals surface area contributed by atoms with Gasteiger partial charge in [0.15, 0.2) is 5.11 Å². The molecule has 1 aromatic heterocycles. The number of para-hydroxylation sites is 1. The number of carbonyl (C=O) groups is 1. The minimum Gasteiger partial charge on any atom is -0.339 e. The fourth-order valence-corrected chi connectivity index (χ4v) is 3.09. The molecule has 0 saturated carbocycles. The van der Waals surface area contributed by atoms with E-state index < -0.39 is 15.4 Å². The van der Waals surface area contributed by atoms with E-state index in [0.29, 0.717) is 11.4 Å².